The molecule has 2 rings (SSSR count). The summed E-state index contributed by atoms with van der Waals surface area (Å²) >= 11 is 0. The second-order valence-electron chi connectivity index (χ2n) is 7.48. The van der Waals surface area contributed by atoms with Crippen molar-refractivity contribution in [2.24, 2.45) is 0 Å². The summed E-state index contributed by atoms with van der Waals surface area (Å²) in [6.07, 6.45) is 5.61. The van der Waals surface area contributed by atoms with Crippen molar-refractivity contribution in [1.82, 2.24) is 10.2 Å². The van der Waals surface area contributed by atoms with Crippen LogP contribution in [0.5, 0.6) is 0 Å². The molecule has 1 amide bonds. The molecule has 5 nitrogen and oxygen atoms in total. The Balaban J connectivity index is 1.75. The minimum Gasteiger partial charge on any atom is -0.371 e. The molecule has 0 spiro atoms. The van der Waals surface area contributed by atoms with Crippen LogP contribution in [0.4, 0.5) is 5.69 Å². The van der Waals surface area contributed by atoms with Crippen LogP contribution in [0.3, 0.4) is 0 Å². The van der Waals surface area contributed by atoms with E-state index in [1.807, 2.05) is 18.2 Å². The Morgan fingerprint density at radius 2 is 2.11 bits per heavy atom. The first-order valence-electron chi connectivity index (χ1n) is 10.4. The number of rotatable bonds is 11. The fraction of sp³-hybridized carbons (Fsp3) is 0.636. The van der Waals surface area contributed by atoms with Crippen LogP contribution in [0.15, 0.2) is 18.2 Å². The van der Waals surface area contributed by atoms with Gasteiger partial charge in [-0.15, -0.1) is 0 Å². The summed E-state index contributed by atoms with van der Waals surface area (Å²) in [6.45, 7) is 11.4. The molecule has 5 heteroatoms. The number of aryl methyl sites for hydroxylation is 1. The molecular weight excluding hydrogens is 338 g/mol. The van der Waals surface area contributed by atoms with Gasteiger partial charge >= 0.3 is 0 Å². The first-order valence-corrected chi connectivity index (χ1v) is 10.4. The van der Waals surface area contributed by atoms with E-state index >= 15 is 0 Å². The van der Waals surface area contributed by atoms with Crippen LogP contribution >= 0.6 is 0 Å². The number of aldehydes is 1. The predicted octanol–water partition coefficient (Wildman–Crippen LogP) is 3.27. The molecule has 1 heterocycles. The number of carbonyl (C=O) groups excluding carboxylic acids is 2. The van der Waals surface area contributed by atoms with Crippen LogP contribution in [-0.4, -0.2) is 55.9 Å². The van der Waals surface area contributed by atoms with Crippen LogP contribution in [0.2, 0.25) is 0 Å². The molecule has 1 atom stereocenters. The fourth-order valence-electron chi connectivity index (χ4n) is 3.82. The molecular formula is C22H35N3O2. The van der Waals surface area contributed by atoms with Gasteiger partial charge in [0, 0.05) is 36.8 Å². The summed E-state index contributed by atoms with van der Waals surface area (Å²) in [5.74, 6) is 0.127. The van der Waals surface area contributed by atoms with Crippen LogP contribution in [0.1, 0.15) is 62.4 Å². The summed E-state index contributed by atoms with van der Waals surface area (Å²) in [6, 6.07) is 6.08. The predicted molar refractivity (Wildman–Crippen MR) is 112 cm³/mol. The van der Waals surface area contributed by atoms with Gasteiger partial charge in [0.25, 0.3) is 0 Å². The van der Waals surface area contributed by atoms with Crippen molar-refractivity contribution < 1.29 is 9.59 Å². The molecule has 0 fully saturated rings. The standard InChI is InChI=1S/C22H35N3O2/c1-4-24(5-2)13-6-8-18(3)23-22(27)12-15-25-14-7-9-20-16-19(17-26)10-11-21(20)25/h10-11,16-18H,4-9,12-15H2,1-3H3,(H,23,27). The molecule has 0 aromatic heterocycles. The SMILES string of the molecule is CCN(CC)CCCC(C)NC(=O)CCN1CCCc2cc(C=O)ccc21. The largest absolute Gasteiger partial charge is 0.371 e. The molecule has 1 N–H and O–H groups in total. The number of nitrogens with one attached hydrogen (secondary N) is 1. The van der Waals surface area contributed by atoms with Crippen molar-refractivity contribution in [3.8, 4) is 0 Å². The van der Waals surface area contributed by atoms with E-state index in [2.05, 4.69) is 35.9 Å². The van der Waals surface area contributed by atoms with Gasteiger partial charge in [-0.2, -0.15) is 0 Å². The van der Waals surface area contributed by atoms with Gasteiger partial charge in [-0.25, -0.2) is 0 Å². The average molecular weight is 374 g/mol. The zero-order valence-electron chi connectivity index (χ0n) is 17.2. The minimum atomic E-state index is 0.127. The lowest BCUT2D eigenvalue weighted by Gasteiger charge is -2.31. The molecule has 1 aromatic rings. The molecule has 0 radical (unpaired) electrons. The molecule has 1 aliphatic heterocycles. The second kappa shape index (κ2) is 11.1. The molecule has 150 valence electrons. The maximum absolute atomic E-state index is 12.3. The third-order valence-electron chi connectivity index (χ3n) is 5.48. The molecule has 0 bridgehead atoms. The van der Waals surface area contributed by atoms with E-state index in [4.69, 9.17) is 0 Å². The second-order valence-corrected chi connectivity index (χ2v) is 7.48. The Labute approximate surface area is 164 Å². The Morgan fingerprint density at radius 3 is 2.81 bits per heavy atom. The Bertz CT molecular complexity index is 614. The van der Waals surface area contributed by atoms with E-state index in [0.29, 0.717) is 6.42 Å². The first kappa shape index (κ1) is 21.4. The highest BCUT2D eigenvalue weighted by Crippen LogP contribution is 2.27. The summed E-state index contributed by atoms with van der Waals surface area (Å²) in [4.78, 5) is 28.0. The summed E-state index contributed by atoms with van der Waals surface area (Å²) < 4.78 is 0. The zero-order valence-corrected chi connectivity index (χ0v) is 17.2. The lowest BCUT2D eigenvalue weighted by Crippen LogP contribution is -2.37. The van der Waals surface area contributed by atoms with Crippen molar-refractivity contribution >= 4 is 17.9 Å². The highest BCUT2D eigenvalue weighted by molar-refractivity contribution is 5.78. The van der Waals surface area contributed by atoms with Gasteiger partial charge in [0.15, 0.2) is 0 Å². The monoisotopic (exact) mass is 373 g/mol. The molecule has 1 aromatic carbocycles. The number of nitrogens with zero attached hydrogens (tertiary/aromatic N) is 2. The maximum Gasteiger partial charge on any atom is 0.221 e. The van der Waals surface area contributed by atoms with Crippen LogP contribution < -0.4 is 10.2 Å². The van der Waals surface area contributed by atoms with E-state index in [-0.39, 0.29) is 11.9 Å². The third kappa shape index (κ3) is 6.65. The van der Waals surface area contributed by atoms with E-state index in [1.54, 1.807) is 0 Å². The van der Waals surface area contributed by atoms with Gasteiger partial charge in [-0.05, 0) is 76.0 Å². The third-order valence-corrected chi connectivity index (χ3v) is 5.48. The quantitative estimate of drug-likeness (QED) is 0.605. The highest BCUT2D eigenvalue weighted by Gasteiger charge is 2.18. The van der Waals surface area contributed by atoms with Crippen LogP contribution in [0, 0.1) is 0 Å². The van der Waals surface area contributed by atoms with Gasteiger partial charge in [0.1, 0.15) is 6.29 Å². The average Bonchev–Trinajstić information content (AvgIpc) is 2.69. The molecule has 1 unspecified atom stereocenters. The normalized spacial score (nSPS) is 14.7. The van der Waals surface area contributed by atoms with Gasteiger partial charge in [-0.1, -0.05) is 13.8 Å². The number of anilines is 1. The van der Waals surface area contributed by atoms with E-state index in [1.165, 1.54) is 11.3 Å². The van der Waals surface area contributed by atoms with Crippen molar-refractivity contribution in [3.05, 3.63) is 29.3 Å². The molecule has 0 aliphatic carbocycles. The number of fused-ring (bicyclic) bond motifs is 1. The van der Waals surface area contributed by atoms with Crippen molar-refractivity contribution in [3.63, 3.8) is 0 Å². The Morgan fingerprint density at radius 1 is 1.33 bits per heavy atom. The van der Waals surface area contributed by atoms with Gasteiger partial charge < -0.3 is 15.1 Å². The number of hydrogen-bond acceptors (Lipinski definition) is 4. The lowest BCUT2D eigenvalue weighted by molar-refractivity contribution is -0.121. The van der Waals surface area contributed by atoms with Crippen molar-refractivity contribution in [2.75, 3.05) is 37.6 Å². The smallest absolute Gasteiger partial charge is 0.221 e. The van der Waals surface area contributed by atoms with Crippen molar-refractivity contribution in [1.29, 1.82) is 0 Å². The van der Waals surface area contributed by atoms with E-state index in [9.17, 15) is 9.59 Å². The maximum atomic E-state index is 12.3. The lowest BCUT2D eigenvalue weighted by atomic mass is 9.99. The van der Waals surface area contributed by atoms with E-state index < -0.39 is 0 Å². The number of hydrogen-bond donors (Lipinski definition) is 1. The molecule has 1 aliphatic rings. The van der Waals surface area contributed by atoms with Gasteiger partial charge in [-0.3, -0.25) is 9.59 Å². The van der Waals surface area contributed by atoms with Crippen molar-refractivity contribution in [2.45, 2.75) is 58.9 Å². The minimum absolute atomic E-state index is 0.127. The fourth-order valence-corrected chi connectivity index (χ4v) is 3.82. The Hall–Kier alpha value is -1.88. The number of amides is 1. The summed E-state index contributed by atoms with van der Waals surface area (Å²) in [7, 11) is 0. The Kier molecular flexibility index (Phi) is 8.79. The van der Waals surface area contributed by atoms with E-state index in [0.717, 1.165) is 70.3 Å². The molecule has 27 heavy (non-hydrogen) atoms. The van der Waals surface area contributed by atoms with Gasteiger partial charge in [0.2, 0.25) is 5.91 Å². The number of benzene rings is 1. The van der Waals surface area contributed by atoms with Crippen LogP contribution in [0.25, 0.3) is 0 Å². The zero-order chi connectivity index (χ0) is 19.6. The highest BCUT2D eigenvalue weighted by atomic mass is 16.1. The van der Waals surface area contributed by atoms with Crippen LogP contribution in [-0.2, 0) is 11.2 Å². The summed E-state index contributed by atoms with van der Waals surface area (Å²) in [5.41, 5.74) is 3.12. The topological polar surface area (TPSA) is 52.7 Å². The molecule has 0 saturated heterocycles. The molecule has 0 saturated carbocycles. The van der Waals surface area contributed by atoms with Gasteiger partial charge in [0.05, 0.1) is 0 Å². The first-order chi connectivity index (χ1) is 13.1. The summed E-state index contributed by atoms with van der Waals surface area (Å²) in [5, 5.41) is 3.14. The number of carbonyl (C=O) groups is 2.